The molecule has 1 radical (unpaired) electrons. The Balaban J connectivity index is 4.40. The van der Waals surface area contributed by atoms with Crippen molar-refractivity contribution in [1.29, 1.82) is 0 Å². The molecule has 0 aromatic heterocycles. The first-order chi connectivity index (χ1) is 5.30. The van der Waals surface area contributed by atoms with Gasteiger partial charge in [0.2, 0.25) is 0 Å². The highest BCUT2D eigenvalue weighted by molar-refractivity contribution is 7.52. The van der Waals surface area contributed by atoms with E-state index in [-0.39, 0.29) is 0 Å². The second-order valence-electron chi connectivity index (χ2n) is 2.12. The summed E-state index contributed by atoms with van der Waals surface area (Å²) in [5, 5.41) is 8.89. The standard InChI is InChI=1S/C5H10O6P/c1-3(12(8,9)10)4(6)5(7)11-2/h3-4,6H,1H2,2H3,(H2,8,9,10). The summed E-state index contributed by atoms with van der Waals surface area (Å²) in [6, 6.07) is 0. The summed E-state index contributed by atoms with van der Waals surface area (Å²) in [7, 11) is -3.54. The number of aliphatic hydroxyl groups excluding tert-OH is 1. The van der Waals surface area contributed by atoms with Crippen molar-refractivity contribution in [1.82, 2.24) is 0 Å². The molecule has 0 rings (SSSR count). The van der Waals surface area contributed by atoms with Crippen molar-refractivity contribution in [2.24, 2.45) is 0 Å². The van der Waals surface area contributed by atoms with Crippen LogP contribution >= 0.6 is 7.60 Å². The predicted molar refractivity (Wildman–Crippen MR) is 39.2 cm³/mol. The van der Waals surface area contributed by atoms with Gasteiger partial charge in [-0.15, -0.1) is 0 Å². The summed E-state index contributed by atoms with van der Waals surface area (Å²) in [5.41, 5.74) is -1.69. The summed E-state index contributed by atoms with van der Waals surface area (Å²) in [6.07, 6.45) is -1.89. The van der Waals surface area contributed by atoms with Crippen LogP contribution in [0.1, 0.15) is 0 Å². The van der Waals surface area contributed by atoms with Crippen molar-refractivity contribution in [3.63, 3.8) is 0 Å². The Labute approximate surface area is 69.3 Å². The maximum Gasteiger partial charge on any atom is 0.335 e. The number of hydrogen-bond acceptors (Lipinski definition) is 4. The van der Waals surface area contributed by atoms with E-state index in [1.54, 1.807) is 0 Å². The summed E-state index contributed by atoms with van der Waals surface area (Å²) >= 11 is 0. The summed E-state index contributed by atoms with van der Waals surface area (Å²) in [5.74, 6) is -1.11. The number of aliphatic hydroxyl groups is 1. The first kappa shape index (κ1) is 11.6. The van der Waals surface area contributed by atoms with Crippen molar-refractivity contribution in [3.8, 4) is 0 Å². The number of carbonyl (C=O) groups excluding carboxylic acids is 1. The molecule has 2 unspecified atom stereocenters. The number of ether oxygens (including phenoxy) is 1. The molecule has 0 aliphatic carbocycles. The number of methoxy groups -OCH3 is 1. The largest absolute Gasteiger partial charge is 0.467 e. The average molecular weight is 197 g/mol. The van der Waals surface area contributed by atoms with Gasteiger partial charge in [-0.3, -0.25) is 4.57 Å². The second-order valence-corrected chi connectivity index (χ2v) is 3.97. The zero-order valence-electron chi connectivity index (χ0n) is 6.38. The van der Waals surface area contributed by atoms with Crippen molar-refractivity contribution in [3.05, 3.63) is 6.92 Å². The smallest absolute Gasteiger partial charge is 0.335 e. The van der Waals surface area contributed by atoms with Gasteiger partial charge in [0.25, 0.3) is 0 Å². The molecule has 0 aliphatic heterocycles. The van der Waals surface area contributed by atoms with Gasteiger partial charge in [-0.1, -0.05) is 0 Å². The lowest BCUT2D eigenvalue weighted by Crippen LogP contribution is -2.32. The Hall–Kier alpha value is -0.420. The van der Waals surface area contributed by atoms with Gasteiger partial charge in [0, 0.05) is 0 Å². The lowest BCUT2D eigenvalue weighted by molar-refractivity contribution is -0.150. The van der Waals surface area contributed by atoms with Crippen molar-refractivity contribution >= 4 is 13.6 Å². The molecule has 3 N–H and O–H groups in total. The van der Waals surface area contributed by atoms with E-state index < -0.39 is 25.3 Å². The van der Waals surface area contributed by atoms with Gasteiger partial charge in [0.1, 0.15) is 0 Å². The number of carbonyl (C=O) groups is 1. The van der Waals surface area contributed by atoms with Gasteiger partial charge < -0.3 is 19.6 Å². The van der Waals surface area contributed by atoms with Crippen LogP contribution in [0.25, 0.3) is 0 Å². The van der Waals surface area contributed by atoms with E-state index in [0.717, 1.165) is 7.11 Å². The first-order valence-electron chi connectivity index (χ1n) is 2.95. The topological polar surface area (TPSA) is 104 Å². The van der Waals surface area contributed by atoms with E-state index in [9.17, 15) is 9.36 Å². The summed E-state index contributed by atoms with van der Waals surface area (Å²) < 4.78 is 14.5. The van der Waals surface area contributed by atoms with Crippen LogP contribution < -0.4 is 0 Å². The summed E-state index contributed by atoms with van der Waals surface area (Å²) in [6.45, 7) is 2.96. The molecule has 0 saturated heterocycles. The Morgan fingerprint density at radius 2 is 2.00 bits per heavy atom. The number of rotatable bonds is 3. The molecule has 0 bridgehead atoms. The quantitative estimate of drug-likeness (QED) is 0.392. The minimum Gasteiger partial charge on any atom is -0.467 e. The van der Waals surface area contributed by atoms with Gasteiger partial charge in [0.15, 0.2) is 6.10 Å². The molecular weight excluding hydrogens is 187 g/mol. The average Bonchev–Trinajstić information content (AvgIpc) is 1.98. The van der Waals surface area contributed by atoms with Crippen LogP contribution in [-0.4, -0.2) is 39.7 Å². The highest BCUT2D eigenvalue weighted by Gasteiger charge is 2.36. The molecule has 71 valence electrons. The van der Waals surface area contributed by atoms with Gasteiger partial charge in [0.05, 0.1) is 12.8 Å². The van der Waals surface area contributed by atoms with E-state index in [4.69, 9.17) is 14.9 Å². The Morgan fingerprint density at radius 1 is 1.58 bits per heavy atom. The van der Waals surface area contributed by atoms with Crippen molar-refractivity contribution in [2.45, 2.75) is 11.8 Å². The SMILES string of the molecule is [CH2]C(C(O)C(=O)OC)P(=O)(O)O. The van der Waals surface area contributed by atoms with E-state index in [0.29, 0.717) is 0 Å². The zero-order valence-corrected chi connectivity index (χ0v) is 7.27. The van der Waals surface area contributed by atoms with Crippen LogP contribution in [0.3, 0.4) is 0 Å². The third-order valence-electron chi connectivity index (χ3n) is 1.24. The minimum absolute atomic E-state index is 0.998. The molecular formula is C5H10O6P. The molecule has 0 saturated carbocycles. The molecule has 0 aromatic rings. The number of esters is 1. The molecule has 0 spiro atoms. The fourth-order valence-corrected chi connectivity index (χ4v) is 0.951. The summed E-state index contributed by atoms with van der Waals surface area (Å²) in [4.78, 5) is 27.5. The zero-order chi connectivity index (χ0) is 9.94. The molecule has 0 heterocycles. The lowest BCUT2D eigenvalue weighted by atomic mass is 10.3. The van der Waals surface area contributed by atoms with Crippen LogP contribution in [0.15, 0.2) is 0 Å². The highest BCUT2D eigenvalue weighted by atomic mass is 31.2. The van der Waals surface area contributed by atoms with Gasteiger partial charge in [-0.2, -0.15) is 0 Å². The highest BCUT2D eigenvalue weighted by Crippen LogP contribution is 2.42. The maximum atomic E-state index is 10.5. The second kappa shape index (κ2) is 4.00. The lowest BCUT2D eigenvalue weighted by Gasteiger charge is -2.17. The van der Waals surface area contributed by atoms with Gasteiger partial charge in [-0.05, 0) is 6.92 Å². The van der Waals surface area contributed by atoms with E-state index in [1.807, 2.05) is 0 Å². The van der Waals surface area contributed by atoms with Gasteiger partial charge >= 0.3 is 13.6 Å². The predicted octanol–water partition coefficient (Wildman–Crippen LogP) is -1.10. The normalized spacial score (nSPS) is 16.8. The van der Waals surface area contributed by atoms with E-state index >= 15 is 0 Å². The monoisotopic (exact) mass is 197 g/mol. The van der Waals surface area contributed by atoms with E-state index in [2.05, 4.69) is 11.7 Å². The Morgan fingerprint density at radius 3 is 2.25 bits per heavy atom. The van der Waals surface area contributed by atoms with Crippen LogP contribution in [-0.2, 0) is 14.1 Å². The molecule has 0 aromatic carbocycles. The third kappa shape index (κ3) is 2.91. The fraction of sp³-hybridized carbons (Fsp3) is 0.600. The van der Waals surface area contributed by atoms with Crippen LogP contribution in [0, 0.1) is 6.92 Å². The van der Waals surface area contributed by atoms with Crippen molar-refractivity contribution in [2.75, 3.05) is 7.11 Å². The van der Waals surface area contributed by atoms with Crippen LogP contribution in [0.5, 0.6) is 0 Å². The van der Waals surface area contributed by atoms with Gasteiger partial charge in [-0.25, -0.2) is 4.79 Å². The molecule has 0 aliphatic rings. The molecule has 0 amide bonds. The maximum absolute atomic E-state index is 10.5. The molecule has 2 atom stereocenters. The Bertz CT molecular complexity index is 208. The Kier molecular flexibility index (Phi) is 3.86. The van der Waals surface area contributed by atoms with E-state index in [1.165, 1.54) is 0 Å². The molecule has 12 heavy (non-hydrogen) atoms. The molecule has 0 fully saturated rings. The fourth-order valence-electron chi connectivity index (χ4n) is 0.462. The van der Waals surface area contributed by atoms with Crippen LogP contribution in [0.4, 0.5) is 0 Å². The first-order valence-corrected chi connectivity index (χ1v) is 4.63. The minimum atomic E-state index is -4.54. The molecule has 6 nitrogen and oxygen atoms in total. The molecule has 7 heteroatoms. The van der Waals surface area contributed by atoms with Crippen molar-refractivity contribution < 1.29 is 29.0 Å². The third-order valence-corrected chi connectivity index (χ3v) is 2.39. The number of hydrogen-bond donors (Lipinski definition) is 3. The van der Waals surface area contributed by atoms with Crippen LogP contribution in [0.2, 0.25) is 0 Å².